The topological polar surface area (TPSA) is 41.1 Å². The number of amides is 1. The van der Waals surface area contributed by atoms with Gasteiger partial charge in [-0.1, -0.05) is 34.9 Å². The van der Waals surface area contributed by atoms with Gasteiger partial charge in [0.15, 0.2) is 0 Å². The summed E-state index contributed by atoms with van der Waals surface area (Å²) in [6.07, 6.45) is 8.17. The van der Waals surface area contributed by atoms with Crippen molar-refractivity contribution in [3.63, 3.8) is 0 Å². The molecule has 1 aliphatic rings. The van der Waals surface area contributed by atoms with Crippen molar-refractivity contribution in [2.75, 3.05) is 18.4 Å². The molecule has 0 aromatic heterocycles. The summed E-state index contributed by atoms with van der Waals surface area (Å²) in [5, 5.41) is 7.06. The van der Waals surface area contributed by atoms with E-state index >= 15 is 0 Å². The Morgan fingerprint density at radius 3 is 2.86 bits per heavy atom. The van der Waals surface area contributed by atoms with E-state index in [4.69, 9.17) is 23.2 Å². The van der Waals surface area contributed by atoms with E-state index in [0.29, 0.717) is 22.3 Å². The van der Waals surface area contributed by atoms with Crippen molar-refractivity contribution in [3.05, 3.63) is 39.9 Å². The Morgan fingerprint density at radius 1 is 1.24 bits per heavy atom. The minimum Gasteiger partial charge on any atom is -0.375 e. The van der Waals surface area contributed by atoms with E-state index in [9.17, 15) is 4.79 Å². The molecule has 0 atom stereocenters. The van der Waals surface area contributed by atoms with Crippen LogP contribution < -0.4 is 10.6 Å². The van der Waals surface area contributed by atoms with Gasteiger partial charge < -0.3 is 10.6 Å². The van der Waals surface area contributed by atoms with Crippen molar-refractivity contribution in [3.8, 4) is 0 Å². The maximum atomic E-state index is 11.8. The third-order valence-electron chi connectivity index (χ3n) is 3.52. The fourth-order valence-corrected chi connectivity index (χ4v) is 2.72. The van der Waals surface area contributed by atoms with Crippen molar-refractivity contribution in [1.82, 2.24) is 5.32 Å². The number of nitrogens with one attached hydrogen (secondary N) is 2. The van der Waals surface area contributed by atoms with Crippen LogP contribution in [0.3, 0.4) is 0 Å². The van der Waals surface area contributed by atoms with Crippen LogP contribution in [0.5, 0.6) is 0 Å². The molecular weight excluding hydrogens is 307 g/mol. The zero-order valence-corrected chi connectivity index (χ0v) is 13.4. The zero-order valence-electron chi connectivity index (χ0n) is 11.9. The first-order chi connectivity index (χ1) is 10.1. The Bertz CT molecular complexity index is 529. The number of hydrogen-bond donors (Lipinski definition) is 2. The van der Waals surface area contributed by atoms with Crippen LogP contribution in [0.4, 0.5) is 5.69 Å². The van der Waals surface area contributed by atoms with Crippen LogP contribution in [0.2, 0.25) is 10.0 Å². The molecule has 3 nitrogen and oxygen atoms in total. The van der Waals surface area contributed by atoms with Crippen LogP contribution in [0.15, 0.2) is 29.8 Å². The Morgan fingerprint density at radius 2 is 2.10 bits per heavy atom. The second-order valence-corrected chi connectivity index (χ2v) is 6.03. The van der Waals surface area contributed by atoms with Crippen molar-refractivity contribution in [2.24, 2.45) is 0 Å². The van der Waals surface area contributed by atoms with Crippen LogP contribution in [0.25, 0.3) is 0 Å². The lowest BCUT2D eigenvalue weighted by Gasteiger charge is -2.13. The predicted molar refractivity (Wildman–Crippen MR) is 89.1 cm³/mol. The molecule has 1 amide bonds. The highest BCUT2D eigenvalue weighted by Gasteiger charge is 2.06. The maximum Gasteiger partial charge on any atom is 0.239 e. The molecule has 1 aromatic rings. The lowest BCUT2D eigenvalue weighted by atomic mass is 9.97. The third kappa shape index (κ3) is 5.60. The predicted octanol–water partition coefficient (Wildman–Crippen LogP) is 4.41. The molecule has 2 N–H and O–H groups in total. The molecule has 0 aliphatic heterocycles. The van der Waals surface area contributed by atoms with Gasteiger partial charge in [0.25, 0.3) is 0 Å². The number of allylic oxidation sites excluding steroid dienone is 1. The Labute approximate surface area is 135 Å². The number of hydrogen-bond acceptors (Lipinski definition) is 2. The standard InChI is InChI=1S/C16H20Cl2N2O/c17-13-6-7-14(18)15(10-13)20-11-16(21)19-9-8-12-4-2-1-3-5-12/h4,6-7,10,20H,1-3,5,8-9,11H2,(H,19,21). The number of carbonyl (C=O) groups excluding carboxylic acids is 1. The third-order valence-corrected chi connectivity index (χ3v) is 4.09. The van der Waals surface area contributed by atoms with E-state index < -0.39 is 0 Å². The number of anilines is 1. The highest BCUT2D eigenvalue weighted by molar-refractivity contribution is 6.35. The van der Waals surface area contributed by atoms with E-state index in [0.717, 1.165) is 6.42 Å². The van der Waals surface area contributed by atoms with Crippen molar-refractivity contribution in [2.45, 2.75) is 32.1 Å². The van der Waals surface area contributed by atoms with Crippen molar-refractivity contribution >= 4 is 34.8 Å². The lowest BCUT2D eigenvalue weighted by Crippen LogP contribution is -2.30. The van der Waals surface area contributed by atoms with E-state index in [1.54, 1.807) is 18.2 Å². The molecule has 0 saturated carbocycles. The van der Waals surface area contributed by atoms with Crippen molar-refractivity contribution in [1.29, 1.82) is 0 Å². The summed E-state index contributed by atoms with van der Waals surface area (Å²) in [5.41, 5.74) is 2.14. The maximum absolute atomic E-state index is 11.8. The van der Waals surface area contributed by atoms with Gasteiger partial charge in [-0.3, -0.25) is 4.79 Å². The number of benzene rings is 1. The molecule has 21 heavy (non-hydrogen) atoms. The SMILES string of the molecule is O=C(CNc1cc(Cl)ccc1Cl)NCCC1=CCCCC1. The molecule has 0 unspecified atom stereocenters. The minimum atomic E-state index is -0.0394. The Hall–Kier alpha value is -1.19. The van der Waals surface area contributed by atoms with Gasteiger partial charge in [0, 0.05) is 11.6 Å². The van der Waals surface area contributed by atoms with Gasteiger partial charge in [-0.2, -0.15) is 0 Å². The molecule has 5 heteroatoms. The van der Waals surface area contributed by atoms with E-state index in [2.05, 4.69) is 16.7 Å². The first-order valence-corrected chi connectivity index (χ1v) is 8.04. The molecule has 114 valence electrons. The van der Waals surface area contributed by atoms with Crippen LogP contribution >= 0.6 is 23.2 Å². The summed E-state index contributed by atoms with van der Waals surface area (Å²) < 4.78 is 0. The van der Waals surface area contributed by atoms with Crippen LogP contribution in [0.1, 0.15) is 32.1 Å². The van der Waals surface area contributed by atoms with Gasteiger partial charge in [-0.25, -0.2) is 0 Å². The highest BCUT2D eigenvalue weighted by atomic mass is 35.5. The van der Waals surface area contributed by atoms with E-state index in [1.807, 2.05) is 0 Å². The quantitative estimate of drug-likeness (QED) is 0.760. The summed E-state index contributed by atoms with van der Waals surface area (Å²) in [4.78, 5) is 11.8. The largest absolute Gasteiger partial charge is 0.375 e. The Kier molecular flexibility index (Phi) is 6.40. The number of rotatable bonds is 6. The van der Waals surface area contributed by atoms with Gasteiger partial charge in [-0.05, 0) is 50.3 Å². The average molecular weight is 327 g/mol. The van der Waals surface area contributed by atoms with E-state index in [-0.39, 0.29) is 12.5 Å². The molecule has 0 spiro atoms. The molecule has 0 bridgehead atoms. The number of carbonyl (C=O) groups is 1. The summed E-state index contributed by atoms with van der Waals surface area (Å²) in [6, 6.07) is 5.14. The van der Waals surface area contributed by atoms with E-state index in [1.165, 1.54) is 31.3 Å². The highest BCUT2D eigenvalue weighted by Crippen LogP contribution is 2.25. The number of halogens is 2. The molecule has 0 saturated heterocycles. The average Bonchev–Trinajstić information content (AvgIpc) is 2.49. The summed E-state index contributed by atoms with van der Waals surface area (Å²) >= 11 is 11.9. The molecule has 0 heterocycles. The minimum absolute atomic E-state index is 0.0394. The first kappa shape index (κ1) is 16.2. The molecule has 1 aliphatic carbocycles. The van der Waals surface area contributed by atoms with Gasteiger partial charge >= 0.3 is 0 Å². The molecule has 1 aromatic carbocycles. The summed E-state index contributed by atoms with van der Waals surface area (Å²) in [5.74, 6) is -0.0394. The van der Waals surface area contributed by atoms with Crippen LogP contribution in [-0.2, 0) is 4.79 Å². The smallest absolute Gasteiger partial charge is 0.239 e. The van der Waals surface area contributed by atoms with Gasteiger partial charge in [0.1, 0.15) is 0 Å². The van der Waals surface area contributed by atoms with Gasteiger partial charge in [-0.15, -0.1) is 0 Å². The first-order valence-electron chi connectivity index (χ1n) is 7.28. The molecular formula is C16H20Cl2N2O. The monoisotopic (exact) mass is 326 g/mol. The normalized spacial score (nSPS) is 14.5. The Balaban J connectivity index is 1.69. The second kappa shape index (κ2) is 8.30. The van der Waals surface area contributed by atoms with Gasteiger partial charge in [0.05, 0.1) is 17.3 Å². The fourth-order valence-electron chi connectivity index (χ4n) is 2.37. The summed E-state index contributed by atoms with van der Waals surface area (Å²) in [7, 11) is 0. The van der Waals surface area contributed by atoms with Crippen molar-refractivity contribution < 1.29 is 4.79 Å². The molecule has 2 rings (SSSR count). The summed E-state index contributed by atoms with van der Waals surface area (Å²) in [6.45, 7) is 0.884. The molecule has 0 radical (unpaired) electrons. The lowest BCUT2D eigenvalue weighted by molar-refractivity contribution is -0.119. The second-order valence-electron chi connectivity index (χ2n) is 5.19. The molecule has 0 fully saturated rings. The van der Waals surface area contributed by atoms with Crippen LogP contribution in [0, 0.1) is 0 Å². The fraction of sp³-hybridized carbons (Fsp3) is 0.438. The van der Waals surface area contributed by atoms with Crippen LogP contribution in [-0.4, -0.2) is 19.0 Å². The zero-order chi connectivity index (χ0) is 15.1. The van der Waals surface area contributed by atoms with Gasteiger partial charge in [0.2, 0.25) is 5.91 Å².